The number of ether oxygens (including phenoxy) is 2. The van der Waals surface area contributed by atoms with Gasteiger partial charge in [0.05, 0.1) is 46.7 Å². The molecule has 0 spiro atoms. The van der Waals surface area contributed by atoms with E-state index in [2.05, 4.69) is 88.7 Å². The minimum absolute atomic E-state index is 0.0742. The van der Waals surface area contributed by atoms with Gasteiger partial charge in [-0.15, -0.1) is 11.3 Å². The van der Waals surface area contributed by atoms with Crippen molar-refractivity contribution in [3.05, 3.63) is 64.8 Å². The van der Waals surface area contributed by atoms with Crippen molar-refractivity contribution in [2.24, 2.45) is 11.3 Å². The first-order chi connectivity index (χ1) is 36.4. The van der Waals surface area contributed by atoms with E-state index in [9.17, 15) is 24.0 Å². The Morgan fingerprint density at radius 2 is 1.76 bits per heavy atom. The molecule has 5 aliphatic heterocycles. The monoisotopic (exact) mass is 1060 g/mol. The zero-order valence-corrected chi connectivity index (χ0v) is 46.8. The van der Waals surface area contributed by atoms with Crippen LogP contribution >= 0.6 is 11.3 Å². The van der Waals surface area contributed by atoms with Crippen molar-refractivity contribution < 1.29 is 33.4 Å². The van der Waals surface area contributed by atoms with Crippen LogP contribution in [0.3, 0.4) is 0 Å². The highest BCUT2D eigenvalue weighted by atomic mass is 32.1. The van der Waals surface area contributed by atoms with Gasteiger partial charge in [0.2, 0.25) is 11.8 Å². The number of pyridine rings is 1. The number of carbonyl (C=O) groups excluding carboxylic acids is 5. The van der Waals surface area contributed by atoms with Crippen LogP contribution in [-0.4, -0.2) is 198 Å². The number of likely N-dealkylation sites (N-methyl/N-ethyl adjacent to an activating group) is 2. The lowest BCUT2D eigenvalue weighted by Crippen LogP contribution is -2.65. The van der Waals surface area contributed by atoms with Gasteiger partial charge in [0, 0.05) is 138 Å². The lowest BCUT2D eigenvalue weighted by molar-refractivity contribution is -0.155. The van der Waals surface area contributed by atoms with Crippen molar-refractivity contribution >= 4 is 57.6 Å². The minimum Gasteiger partial charge on any atom is -0.464 e. The summed E-state index contributed by atoms with van der Waals surface area (Å²) in [5.74, 6) is -1.69. The summed E-state index contributed by atoms with van der Waals surface area (Å²) >= 11 is 1.43. The van der Waals surface area contributed by atoms with Gasteiger partial charge in [-0.25, -0.2) is 15.2 Å². The predicted octanol–water partition coefficient (Wildman–Crippen LogP) is 5.05. The SMILES string of the molecule is C=CC(=O)N1CC(N2CCN(C(=O)N(C)[C@H](C(=O)N[C@H]3Cc4nc(cs4)-c4ccc5c(c4)c(c(-c4cc(N6CCN(C)CC6)cnc4[C@H](C)OC)n5CC)CC(C)(C)COC(=O)[C@@H]4CCCN(N4)C3=O)C(C)C)CC2)C1. The molecule has 0 aliphatic carbocycles. The Hall–Kier alpha value is -5.93. The molecule has 4 saturated heterocycles. The Labute approximate surface area is 451 Å². The van der Waals surface area contributed by atoms with Crippen LogP contribution < -0.4 is 15.6 Å². The number of amides is 5. The average Bonchev–Trinajstić information content (AvgIpc) is 4.00. The van der Waals surface area contributed by atoms with Gasteiger partial charge in [0.1, 0.15) is 18.1 Å². The van der Waals surface area contributed by atoms with Gasteiger partial charge in [-0.1, -0.05) is 40.3 Å². The second kappa shape index (κ2) is 23.0. The number of fused-ring (bicyclic) bond motifs is 6. The highest BCUT2D eigenvalue weighted by Gasteiger charge is 2.41. The first-order valence-corrected chi connectivity index (χ1v) is 28.0. The van der Waals surface area contributed by atoms with E-state index >= 15 is 0 Å². The number of rotatable bonds is 11. The van der Waals surface area contributed by atoms with Crippen molar-refractivity contribution in [3.63, 3.8) is 0 Å². The van der Waals surface area contributed by atoms with Crippen LogP contribution in [0, 0.1) is 11.3 Å². The smallest absolute Gasteiger partial charge is 0.324 e. The maximum Gasteiger partial charge on any atom is 0.324 e. The van der Waals surface area contributed by atoms with Crippen molar-refractivity contribution in [3.8, 4) is 22.5 Å². The lowest BCUT2D eigenvalue weighted by Gasteiger charge is -2.48. The lowest BCUT2D eigenvalue weighted by atomic mass is 9.84. The molecule has 0 radical (unpaired) electrons. The number of carbonyl (C=O) groups is 5. The number of thiazole rings is 1. The van der Waals surface area contributed by atoms with Gasteiger partial charge >= 0.3 is 12.0 Å². The zero-order valence-electron chi connectivity index (χ0n) is 46.0. The maximum atomic E-state index is 14.8. The van der Waals surface area contributed by atoms with Crippen molar-refractivity contribution in [1.29, 1.82) is 0 Å². The third-order valence-electron chi connectivity index (χ3n) is 16.2. The molecular weight excluding hydrogens is 985 g/mol. The summed E-state index contributed by atoms with van der Waals surface area (Å²) in [6, 6.07) is 5.95. The van der Waals surface area contributed by atoms with E-state index in [1.54, 1.807) is 24.0 Å². The van der Waals surface area contributed by atoms with Crippen LogP contribution in [0.25, 0.3) is 33.4 Å². The molecule has 2 N–H and O–H groups in total. The fraction of sp³-hybridized carbons (Fsp3) is 0.589. The number of piperazine rings is 2. The van der Waals surface area contributed by atoms with E-state index in [0.717, 1.165) is 76.5 Å². The van der Waals surface area contributed by atoms with Crippen LogP contribution in [0.1, 0.15) is 76.8 Å². The quantitative estimate of drug-likeness (QED) is 0.151. The first kappa shape index (κ1) is 54.8. The molecule has 3 aromatic heterocycles. The number of cyclic esters (lactones) is 1. The Balaban J connectivity index is 1.03. The third kappa shape index (κ3) is 11.4. The molecule has 1 aromatic carbocycles. The summed E-state index contributed by atoms with van der Waals surface area (Å²) in [6.45, 7) is 24.2. The standard InChI is InChI=1S/C56H78N12O7S/c1-11-48(69)66-31-39(32-66)64-22-24-65(25-23-64)55(73)62(9)50(35(3)4)52(70)59-44-28-47-58-45(33-76-47)37-15-16-46-40(26-37)42(29-56(6,7)34-75-54(72)43-14-13-17-68(60-43)53(44)71)51(67(46)12-2)41-27-38(30-57-49(41)36(5)74-10)63-20-18-61(8)19-21-63/h11,15-16,26-27,30,33,35-36,39,43-44,50,60H,1,12-14,17-25,28-29,31-32,34H2,2-10H3,(H,59,70)/t36-,43-,44-,50-/m0/s1. The molecule has 8 heterocycles. The number of anilines is 1. The van der Waals surface area contributed by atoms with Gasteiger partial charge in [0.25, 0.3) is 5.91 Å². The molecule has 410 valence electrons. The molecule has 4 atom stereocenters. The first-order valence-electron chi connectivity index (χ1n) is 27.2. The number of aryl methyl sites for hydroxylation is 1. The number of esters is 1. The number of likely N-dealkylation sites (tertiary alicyclic amines) is 1. The molecular formula is C56H78N12O7S. The molecule has 5 amide bonds. The van der Waals surface area contributed by atoms with Gasteiger partial charge in [-0.3, -0.25) is 34.1 Å². The molecule has 5 aliphatic rings. The number of hydrazine groups is 1. The van der Waals surface area contributed by atoms with Crippen LogP contribution in [0.2, 0.25) is 0 Å². The van der Waals surface area contributed by atoms with E-state index in [0.29, 0.717) is 76.6 Å². The largest absolute Gasteiger partial charge is 0.464 e. The van der Waals surface area contributed by atoms with E-state index in [4.69, 9.17) is 19.4 Å². The number of hydrogen-bond donors (Lipinski definition) is 2. The Morgan fingerprint density at radius 1 is 1.03 bits per heavy atom. The summed E-state index contributed by atoms with van der Waals surface area (Å²) in [6.07, 6.45) is 4.69. The molecule has 20 heteroatoms. The maximum absolute atomic E-state index is 14.8. The molecule has 6 bridgehead atoms. The molecule has 19 nitrogen and oxygen atoms in total. The molecule has 9 rings (SSSR count). The molecule has 0 saturated carbocycles. The number of urea groups is 1. The summed E-state index contributed by atoms with van der Waals surface area (Å²) in [5.41, 5.74) is 10.4. The number of nitrogens with zero attached hydrogens (tertiary/aromatic N) is 10. The van der Waals surface area contributed by atoms with Crippen LogP contribution in [0.5, 0.6) is 0 Å². The number of benzene rings is 1. The van der Waals surface area contributed by atoms with Crippen LogP contribution in [-0.2, 0) is 48.0 Å². The van der Waals surface area contributed by atoms with Gasteiger partial charge in [0.15, 0.2) is 0 Å². The molecule has 76 heavy (non-hydrogen) atoms. The van der Waals surface area contributed by atoms with E-state index in [1.807, 2.05) is 32.3 Å². The van der Waals surface area contributed by atoms with Crippen LogP contribution in [0.15, 0.2) is 48.5 Å². The third-order valence-corrected chi connectivity index (χ3v) is 17.0. The van der Waals surface area contributed by atoms with Gasteiger partial charge in [-0.05, 0) is 75.9 Å². The molecule has 0 unspecified atom stereocenters. The molecule has 4 aromatic rings. The van der Waals surface area contributed by atoms with Crippen molar-refractivity contribution in [2.45, 2.75) is 104 Å². The molecule has 4 fully saturated rings. The summed E-state index contributed by atoms with van der Waals surface area (Å²) < 4.78 is 14.6. The fourth-order valence-corrected chi connectivity index (χ4v) is 12.5. The van der Waals surface area contributed by atoms with E-state index in [1.165, 1.54) is 27.3 Å². The van der Waals surface area contributed by atoms with Crippen molar-refractivity contribution in [2.75, 3.05) is 105 Å². The number of hydrogen-bond acceptors (Lipinski definition) is 14. The highest BCUT2D eigenvalue weighted by molar-refractivity contribution is 7.10. The summed E-state index contributed by atoms with van der Waals surface area (Å²) in [7, 11) is 5.52. The Morgan fingerprint density at radius 3 is 2.45 bits per heavy atom. The number of methoxy groups -OCH3 is 1. The second-order valence-electron chi connectivity index (χ2n) is 22.5. The van der Waals surface area contributed by atoms with E-state index < -0.39 is 41.3 Å². The average molecular weight is 1060 g/mol. The summed E-state index contributed by atoms with van der Waals surface area (Å²) in [5, 5.41) is 8.23. The topological polar surface area (TPSA) is 181 Å². The normalized spacial score (nSPS) is 22.0. The van der Waals surface area contributed by atoms with Gasteiger partial charge in [-0.2, -0.15) is 0 Å². The summed E-state index contributed by atoms with van der Waals surface area (Å²) in [4.78, 5) is 92.2. The Kier molecular flexibility index (Phi) is 16.6. The van der Waals surface area contributed by atoms with Crippen molar-refractivity contribution in [1.82, 2.24) is 54.8 Å². The predicted molar refractivity (Wildman–Crippen MR) is 295 cm³/mol. The minimum atomic E-state index is -1.08. The van der Waals surface area contributed by atoms with Gasteiger partial charge < -0.3 is 43.9 Å². The zero-order chi connectivity index (χ0) is 54.2. The Bertz CT molecular complexity index is 2810. The highest BCUT2D eigenvalue weighted by Crippen LogP contribution is 2.43. The fourth-order valence-electron chi connectivity index (χ4n) is 11.6. The number of aromatic nitrogens is 3. The van der Waals surface area contributed by atoms with Crippen LogP contribution in [0.4, 0.5) is 10.5 Å². The van der Waals surface area contributed by atoms with E-state index in [-0.39, 0.29) is 43.0 Å². The number of nitrogens with one attached hydrogen (secondary N) is 2. The second-order valence-corrected chi connectivity index (χ2v) is 23.4.